The minimum absolute atomic E-state index is 0.00184. The Kier molecular flexibility index (Phi) is 4.46. The van der Waals surface area contributed by atoms with Crippen LogP contribution in [0.2, 0.25) is 0 Å². The Labute approximate surface area is 140 Å². The Bertz CT molecular complexity index is 789. The first-order chi connectivity index (χ1) is 11.6. The van der Waals surface area contributed by atoms with Crippen molar-refractivity contribution in [2.45, 2.75) is 26.7 Å². The van der Waals surface area contributed by atoms with Crippen LogP contribution in [0.1, 0.15) is 37.9 Å². The third kappa shape index (κ3) is 3.08. The summed E-state index contributed by atoms with van der Waals surface area (Å²) >= 11 is 0. The molecule has 3 rings (SSSR count). The maximum absolute atomic E-state index is 12.3. The van der Waals surface area contributed by atoms with Crippen molar-refractivity contribution in [2.24, 2.45) is 5.92 Å². The first-order valence-electron chi connectivity index (χ1n) is 8.09. The highest BCUT2D eigenvalue weighted by Crippen LogP contribution is 2.35. The Balaban J connectivity index is 1.89. The number of rotatable bonds is 5. The van der Waals surface area contributed by atoms with Crippen molar-refractivity contribution in [1.82, 2.24) is 9.97 Å². The number of H-pyrrole nitrogens is 1. The van der Waals surface area contributed by atoms with E-state index in [1.165, 1.54) is 0 Å². The zero-order valence-corrected chi connectivity index (χ0v) is 13.7. The molecular formula is C18H20N4O2. The van der Waals surface area contributed by atoms with Crippen LogP contribution in [-0.2, 0) is 9.59 Å². The van der Waals surface area contributed by atoms with Crippen LogP contribution in [0.25, 0.3) is 11.6 Å². The van der Waals surface area contributed by atoms with Gasteiger partial charge in [0.2, 0.25) is 5.91 Å². The number of fused-ring (bicyclic) bond motifs is 1. The summed E-state index contributed by atoms with van der Waals surface area (Å²) in [5.74, 6) is -0.155. The summed E-state index contributed by atoms with van der Waals surface area (Å²) in [4.78, 5) is 31.4. The van der Waals surface area contributed by atoms with Gasteiger partial charge in [-0.05, 0) is 37.1 Å². The first kappa shape index (κ1) is 16.0. The number of amides is 2. The second kappa shape index (κ2) is 6.70. The highest BCUT2D eigenvalue weighted by Gasteiger charge is 2.25. The van der Waals surface area contributed by atoms with E-state index >= 15 is 0 Å². The van der Waals surface area contributed by atoms with Crippen LogP contribution >= 0.6 is 0 Å². The number of nitrogens with zero attached hydrogens (tertiary/aromatic N) is 1. The number of aromatic amines is 1. The first-order valence-corrected chi connectivity index (χ1v) is 8.09. The molecule has 1 aliphatic rings. The van der Waals surface area contributed by atoms with E-state index in [1.54, 1.807) is 24.7 Å². The summed E-state index contributed by atoms with van der Waals surface area (Å²) in [6.07, 6.45) is 6.57. The van der Waals surface area contributed by atoms with Gasteiger partial charge in [-0.15, -0.1) is 0 Å². The van der Waals surface area contributed by atoms with Gasteiger partial charge in [0.05, 0.1) is 23.8 Å². The lowest BCUT2D eigenvalue weighted by Gasteiger charge is -2.13. The fourth-order valence-corrected chi connectivity index (χ4v) is 2.81. The van der Waals surface area contributed by atoms with Gasteiger partial charge in [0, 0.05) is 22.9 Å². The number of hydrogen-bond acceptors (Lipinski definition) is 3. The lowest BCUT2D eigenvalue weighted by Crippen LogP contribution is -2.21. The van der Waals surface area contributed by atoms with Crippen LogP contribution in [0.4, 0.5) is 11.4 Å². The molecule has 3 N–H and O–H groups in total. The highest BCUT2D eigenvalue weighted by atomic mass is 16.2. The molecular weight excluding hydrogens is 304 g/mol. The molecule has 0 aliphatic carbocycles. The number of aromatic nitrogens is 2. The number of imidazole rings is 1. The molecule has 124 valence electrons. The third-order valence-electron chi connectivity index (χ3n) is 4.25. The van der Waals surface area contributed by atoms with E-state index in [-0.39, 0.29) is 17.7 Å². The van der Waals surface area contributed by atoms with Crippen LogP contribution in [0.5, 0.6) is 0 Å². The number of anilines is 2. The minimum Gasteiger partial charge on any atom is -0.345 e. The van der Waals surface area contributed by atoms with E-state index in [0.717, 1.165) is 29.8 Å². The highest BCUT2D eigenvalue weighted by molar-refractivity contribution is 6.35. The summed E-state index contributed by atoms with van der Waals surface area (Å²) in [5.41, 5.74) is 3.51. The van der Waals surface area contributed by atoms with Crippen LogP contribution in [0, 0.1) is 5.92 Å². The molecule has 0 saturated carbocycles. The summed E-state index contributed by atoms with van der Waals surface area (Å²) < 4.78 is 0. The maximum Gasteiger partial charge on any atom is 0.256 e. The van der Waals surface area contributed by atoms with Crippen LogP contribution in [0.15, 0.2) is 30.7 Å². The predicted octanol–water partition coefficient (Wildman–Crippen LogP) is 3.28. The van der Waals surface area contributed by atoms with Gasteiger partial charge in [0.25, 0.3) is 5.91 Å². The average Bonchev–Trinajstić information content (AvgIpc) is 3.18. The van der Waals surface area contributed by atoms with E-state index in [9.17, 15) is 9.59 Å². The van der Waals surface area contributed by atoms with Crippen molar-refractivity contribution in [3.8, 4) is 0 Å². The lowest BCUT2D eigenvalue weighted by atomic mass is 10.0. The normalized spacial score (nSPS) is 14.8. The molecule has 24 heavy (non-hydrogen) atoms. The van der Waals surface area contributed by atoms with Gasteiger partial charge in [-0.2, -0.15) is 0 Å². The number of carbonyl (C=O) groups excluding carboxylic acids is 2. The van der Waals surface area contributed by atoms with Gasteiger partial charge in [0.15, 0.2) is 0 Å². The Morgan fingerprint density at radius 2 is 2.12 bits per heavy atom. The standard InChI is InChI=1S/C18H20N4O2/c1-3-11(4-2)17(23)21-12-5-6-16-14(7-12)15(18(24)22-16)8-13-9-19-10-20-13/h5-11H,3-4H2,1-2H3,(H,19,20)(H,21,23)(H,22,24)/b15-8-. The fraction of sp³-hybridized carbons (Fsp3) is 0.278. The molecule has 0 spiro atoms. The molecule has 0 saturated heterocycles. The van der Waals surface area contributed by atoms with Crippen LogP contribution < -0.4 is 10.6 Å². The van der Waals surface area contributed by atoms with E-state index in [1.807, 2.05) is 26.0 Å². The molecule has 1 aromatic carbocycles. The van der Waals surface area contributed by atoms with Crippen LogP contribution in [-0.4, -0.2) is 21.8 Å². The number of nitrogens with one attached hydrogen (secondary N) is 3. The van der Waals surface area contributed by atoms with Gasteiger partial charge in [-0.1, -0.05) is 13.8 Å². The topological polar surface area (TPSA) is 86.9 Å². The average molecular weight is 324 g/mol. The Hall–Kier alpha value is -2.89. The van der Waals surface area contributed by atoms with E-state index < -0.39 is 0 Å². The molecule has 2 heterocycles. The molecule has 0 radical (unpaired) electrons. The molecule has 2 amide bonds. The van der Waals surface area contributed by atoms with Crippen LogP contribution in [0.3, 0.4) is 0 Å². The largest absolute Gasteiger partial charge is 0.345 e. The lowest BCUT2D eigenvalue weighted by molar-refractivity contribution is -0.120. The summed E-state index contributed by atoms with van der Waals surface area (Å²) in [5, 5.41) is 5.77. The summed E-state index contributed by atoms with van der Waals surface area (Å²) in [7, 11) is 0. The molecule has 0 fully saturated rings. The predicted molar refractivity (Wildman–Crippen MR) is 94.2 cm³/mol. The molecule has 0 atom stereocenters. The molecule has 0 unspecified atom stereocenters. The van der Waals surface area contributed by atoms with Crippen molar-refractivity contribution in [3.05, 3.63) is 42.0 Å². The zero-order chi connectivity index (χ0) is 17.1. The fourth-order valence-electron chi connectivity index (χ4n) is 2.81. The number of carbonyl (C=O) groups is 2. The number of hydrogen-bond donors (Lipinski definition) is 3. The second-order valence-electron chi connectivity index (χ2n) is 5.78. The van der Waals surface area contributed by atoms with E-state index in [4.69, 9.17) is 0 Å². The van der Waals surface area contributed by atoms with Gasteiger partial charge < -0.3 is 15.6 Å². The van der Waals surface area contributed by atoms with Crippen molar-refractivity contribution < 1.29 is 9.59 Å². The quantitative estimate of drug-likeness (QED) is 0.738. The maximum atomic E-state index is 12.3. The molecule has 6 heteroatoms. The Morgan fingerprint density at radius 1 is 1.33 bits per heavy atom. The van der Waals surface area contributed by atoms with E-state index in [0.29, 0.717) is 11.3 Å². The van der Waals surface area contributed by atoms with E-state index in [2.05, 4.69) is 20.6 Å². The SMILES string of the molecule is CCC(CC)C(=O)Nc1ccc2c(c1)/C(=C/c1cnc[nH]1)C(=O)N2. The van der Waals surface area contributed by atoms with Crippen molar-refractivity contribution >= 4 is 34.8 Å². The minimum atomic E-state index is -0.164. The van der Waals surface area contributed by atoms with Gasteiger partial charge in [-0.25, -0.2) is 4.98 Å². The molecule has 1 aliphatic heterocycles. The van der Waals surface area contributed by atoms with Gasteiger partial charge in [-0.3, -0.25) is 9.59 Å². The third-order valence-corrected chi connectivity index (χ3v) is 4.25. The summed E-state index contributed by atoms with van der Waals surface area (Å²) in [6, 6.07) is 5.44. The monoisotopic (exact) mass is 324 g/mol. The van der Waals surface area contributed by atoms with Crippen molar-refractivity contribution in [1.29, 1.82) is 0 Å². The smallest absolute Gasteiger partial charge is 0.256 e. The van der Waals surface area contributed by atoms with Gasteiger partial charge in [0.1, 0.15) is 0 Å². The molecule has 6 nitrogen and oxygen atoms in total. The second-order valence-corrected chi connectivity index (χ2v) is 5.78. The Morgan fingerprint density at radius 3 is 2.79 bits per heavy atom. The van der Waals surface area contributed by atoms with Gasteiger partial charge >= 0.3 is 0 Å². The molecule has 1 aromatic heterocycles. The zero-order valence-electron chi connectivity index (χ0n) is 13.7. The van der Waals surface area contributed by atoms with Crippen molar-refractivity contribution in [3.63, 3.8) is 0 Å². The molecule has 0 bridgehead atoms. The number of benzene rings is 1. The molecule has 2 aromatic rings. The summed E-state index contributed by atoms with van der Waals surface area (Å²) in [6.45, 7) is 4.01. The van der Waals surface area contributed by atoms with Crippen molar-refractivity contribution in [2.75, 3.05) is 10.6 Å².